The number of amides is 2. The van der Waals surface area contributed by atoms with Gasteiger partial charge in [-0.15, -0.1) is 0 Å². The molecule has 0 saturated carbocycles. The van der Waals surface area contributed by atoms with E-state index in [1.54, 1.807) is 0 Å². The lowest BCUT2D eigenvalue weighted by atomic mass is 9.78. The maximum Gasteiger partial charge on any atom is 0.298 e. The average Bonchev–Trinajstić information content (AvgIpc) is 3.31. The van der Waals surface area contributed by atoms with Gasteiger partial charge in [0.1, 0.15) is 13.2 Å². The molecule has 0 atom stereocenters. The molecule has 2 aromatic carbocycles. The molecule has 0 N–H and O–H groups in total. The number of rotatable bonds is 4. The molecule has 2 saturated heterocycles. The molecular formula is C29H32N2O4. The van der Waals surface area contributed by atoms with E-state index in [-0.39, 0.29) is 17.2 Å². The maximum atomic E-state index is 12.9. The van der Waals surface area contributed by atoms with E-state index in [1.807, 2.05) is 52.3 Å². The minimum atomic E-state index is -0.103. The first-order valence-corrected chi connectivity index (χ1v) is 12.6. The summed E-state index contributed by atoms with van der Waals surface area (Å²) in [5, 5.41) is 0. The van der Waals surface area contributed by atoms with Crippen LogP contribution < -0.4 is 9.47 Å². The summed E-state index contributed by atoms with van der Waals surface area (Å²) in [5.41, 5.74) is 2.18. The predicted molar refractivity (Wildman–Crippen MR) is 133 cm³/mol. The van der Waals surface area contributed by atoms with Gasteiger partial charge in [0, 0.05) is 44.1 Å². The second-order valence-electron chi connectivity index (χ2n) is 9.81. The maximum absolute atomic E-state index is 12.9. The summed E-state index contributed by atoms with van der Waals surface area (Å²) in [6, 6.07) is 15.6. The minimum Gasteiger partial charge on any atom is -0.486 e. The second-order valence-corrected chi connectivity index (χ2v) is 9.81. The molecule has 35 heavy (non-hydrogen) atoms. The number of fused-ring (bicyclic) bond motifs is 1. The molecule has 3 heterocycles. The third-order valence-electron chi connectivity index (χ3n) is 7.45. The van der Waals surface area contributed by atoms with Crippen LogP contribution in [0, 0.1) is 17.3 Å². The summed E-state index contributed by atoms with van der Waals surface area (Å²) >= 11 is 0. The van der Waals surface area contributed by atoms with Gasteiger partial charge in [-0.2, -0.15) is 0 Å². The zero-order valence-corrected chi connectivity index (χ0v) is 20.1. The van der Waals surface area contributed by atoms with E-state index < -0.39 is 0 Å². The molecule has 5 rings (SSSR count). The quantitative estimate of drug-likeness (QED) is 0.637. The fourth-order valence-electron chi connectivity index (χ4n) is 5.31. The molecule has 3 aliphatic heterocycles. The zero-order valence-electron chi connectivity index (χ0n) is 20.1. The van der Waals surface area contributed by atoms with E-state index in [0.717, 1.165) is 62.3 Å². The molecule has 1 spiro atoms. The number of carbonyl (C=O) groups excluding carboxylic acids is 2. The Morgan fingerprint density at radius 3 is 2.37 bits per heavy atom. The Kier molecular flexibility index (Phi) is 6.94. The number of nitrogens with zero attached hydrogens (tertiary/aromatic N) is 2. The van der Waals surface area contributed by atoms with E-state index in [0.29, 0.717) is 32.7 Å². The smallest absolute Gasteiger partial charge is 0.298 e. The van der Waals surface area contributed by atoms with Crippen molar-refractivity contribution in [2.45, 2.75) is 38.5 Å². The van der Waals surface area contributed by atoms with Crippen LogP contribution in [-0.4, -0.2) is 61.0 Å². The van der Waals surface area contributed by atoms with Gasteiger partial charge in [0.05, 0.1) is 0 Å². The van der Waals surface area contributed by atoms with Crippen LogP contribution in [0.25, 0.3) is 0 Å². The molecule has 182 valence electrons. The van der Waals surface area contributed by atoms with Gasteiger partial charge >= 0.3 is 0 Å². The molecule has 0 aromatic heterocycles. The van der Waals surface area contributed by atoms with E-state index in [1.165, 1.54) is 5.56 Å². The van der Waals surface area contributed by atoms with Gasteiger partial charge in [0.25, 0.3) is 5.91 Å². The fraction of sp³-hybridized carbons (Fsp3) is 0.448. The van der Waals surface area contributed by atoms with Crippen LogP contribution >= 0.6 is 0 Å². The number of hydrogen-bond acceptors (Lipinski definition) is 4. The molecule has 2 aromatic rings. The number of aryl methyl sites for hydroxylation is 1. The number of ether oxygens (including phenoxy) is 2. The van der Waals surface area contributed by atoms with Crippen molar-refractivity contribution >= 4 is 11.8 Å². The Balaban J connectivity index is 1.06. The first kappa shape index (κ1) is 23.3. The van der Waals surface area contributed by atoms with Crippen LogP contribution in [0.2, 0.25) is 0 Å². The summed E-state index contributed by atoms with van der Waals surface area (Å²) in [4.78, 5) is 29.3. The third kappa shape index (κ3) is 5.62. The van der Waals surface area contributed by atoms with Gasteiger partial charge in [0.2, 0.25) is 5.91 Å². The van der Waals surface area contributed by atoms with Crippen LogP contribution in [0.1, 0.15) is 43.2 Å². The van der Waals surface area contributed by atoms with Crippen LogP contribution in [0.4, 0.5) is 0 Å². The standard InChI is InChI=1S/C29H32N2O4/c32-27(8-4-7-24-9-11-25-26(21-24)35-20-19-34-25)31-18-15-29(22-31)13-16-30(17-14-29)28(33)12-10-23-5-2-1-3-6-23/h1-3,5-6,9,11,21H,4,7-8,13-20,22H2. The average molecular weight is 473 g/mol. The zero-order chi connectivity index (χ0) is 24.1. The SMILES string of the molecule is O=C(C#Cc1ccccc1)N1CCC2(CC1)CCN(C(=O)CCCc1ccc3c(c1)OCCO3)C2. The van der Waals surface area contributed by atoms with Crippen molar-refractivity contribution in [3.63, 3.8) is 0 Å². The second kappa shape index (κ2) is 10.4. The van der Waals surface area contributed by atoms with Gasteiger partial charge in [-0.3, -0.25) is 9.59 Å². The molecule has 0 unspecified atom stereocenters. The highest BCUT2D eigenvalue weighted by molar-refractivity contribution is 5.94. The Bertz CT molecular complexity index is 1130. The molecule has 6 heteroatoms. The van der Waals surface area contributed by atoms with E-state index in [2.05, 4.69) is 17.9 Å². The molecular weight excluding hydrogens is 440 g/mol. The van der Waals surface area contributed by atoms with Crippen molar-refractivity contribution in [1.29, 1.82) is 0 Å². The summed E-state index contributed by atoms with van der Waals surface area (Å²) in [6.45, 7) is 4.24. The molecule has 0 aliphatic carbocycles. The first-order valence-electron chi connectivity index (χ1n) is 12.6. The molecule has 0 radical (unpaired) electrons. The molecule has 6 nitrogen and oxygen atoms in total. The lowest BCUT2D eigenvalue weighted by Gasteiger charge is -2.38. The highest BCUT2D eigenvalue weighted by Gasteiger charge is 2.42. The van der Waals surface area contributed by atoms with Crippen LogP contribution in [0.5, 0.6) is 11.5 Å². The van der Waals surface area contributed by atoms with Crippen LogP contribution in [0.3, 0.4) is 0 Å². The molecule has 2 amide bonds. The number of benzene rings is 2. The Labute approximate surface area is 207 Å². The van der Waals surface area contributed by atoms with Crippen molar-refractivity contribution in [2.24, 2.45) is 5.41 Å². The largest absolute Gasteiger partial charge is 0.486 e. The van der Waals surface area contributed by atoms with Crippen LogP contribution in [-0.2, 0) is 16.0 Å². The van der Waals surface area contributed by atoms with Crippen LogP contribution in [0.15, 0.2) is 48.5 Å². The highest BCUT2D eigenvalue weighted by atomic mass is 16.6. The number of carbonyl (C=O) groups is 2. The minimum absolute atomic E-state index is 0.103. The molecule has 0 bridgehead atoms. The third-order valence-corrected chi connectivity index (χ3v) is 7.45. The van der Waals surface area contributed by atoms with E-state index in [9.17, 15) is 9.59 Å². The summed E-state index contributed by atoms with van der Waals surface area (Å²) in [6.07, 6.45) is 5.13. The first-order chi connectivity index (χ1) is 17.1. The van der Waals surface area contributed by atoms with Gasteiger partial charge in [-0.05, 0) is 67.3 Å². The Morgan fingerprint density at radius 2 is 1.60 bits per heavy atom. The van der Waals surface area contributed by atoms with Crippen molar-refractivity contribution in [3.05, 3.63) is 59.7 Å². The highest BCUT2D eigenvalue weighted by Crippen LogP contribution is 2.40. The summed E-state index contributed by atoms with van der Waals surface area (Å²) in [5.74, 6) is 7.49. The predicted octanol–water partition coefficient (Wildman–Crippen LogP) is 3.67. The van der Waals surface area contributed by atoms with Gasteiger partial charge in [-0.1, -0.05) is 30.2 Å². The number of hydrogen-bond donors (Lipinski definition) is 0. The van der Waals surface area contributed by atoms with E-state index >= 15 is 0 Å². The summed E-state index contributed by atoms with van der Waals surface area (Å²) < 4.78 is 11.2. The number of likely N-dealkylation sites (tertiary alicyclic amines) is 2. The summed E-state index contributed by atoms with van der Waals surface area (Å²) in [7, 11) is 0. The Morgan fingerprint density at radius 1 is 0.886 bits per heavy atom. The van der Waals surface area contributed by atoms with Crippen molar-refractivity contribution in [3.8, 4) is 23.3 Å². The lowest BCUT2D eigenvalue weighted by molar-refractivity contribution is -0.132. The van der Waals surface area contributed by atoms with Gasteiger partial charge in [0.15, 0.2) is 11.5 Å². The van der Waals surface area contributed by atoms with Gasteiger partial charge in [-0.25, -0.2) is 0 Å². The monoisotopic (exact) mass is 472 g/mol. The number of piperidine rings is 1. The topological polar surface area (TPSA) is 59.1 Å². The fourth-order valence-corrected chi connectivity index (χ4v) is 5.31. The van der Waals surface area contributed by atoms with Crippen molar-refractivity contribution in [2.75, 3.05) is 39.4 Å². The van der Waals surface area contributed by atoms with Gasteiger partial charge < -0.3 is 19.3 Å². The van der Waals surface area contributed by atoms with Crippen molar-refractivity contribution in [1.82, 2.24) is 9.80 Å². The van der Waals surface area contributed by atoms with Crippen molar-refractivity contribution < 1.29 is 19.1 Å². The molecule has 3 aliphatic rings. The Hall–Kier alpha value is -3.46. The molecule has 2 fully saturated rings. The lowest BCUT2D eigenvalue weighted by Crippen LogP contribution is -2.44. The van der Waals surface area contributed by atoms with E-state index in [4.69, 9.17) is 9.47 Å². The normalized spacial score (nSPS) is 18.2.